The van der Waals surface area contributed by atoms with Crippen molar-refractivity contribution in [1.29, 1.82) is 0 Å². The summed E-state index contributed by atoms with van der Waals surface area (Å²) in [5, 5.41) is 0. The number of nitrogens with zero attached hydrogens (tertiary/aromatic N) is 2. The van der Waals surface area contributed by atoms with E-state index in [0.29, 0.717) is 12.0 Å². The lowest BCUT2D eigenvalue weighted by molar-refractivity contribution is 0.111. The van der Waals surface area contributed by atoms with Crippen molar-refractivity contribution in [1.82, 2.24) is 4.98 Å². The minimum Gasteiger partial charge on any atom is -0.376 e. The van der Waals surface area contributed by atoms with Crippen LogP contribution in [0, 0.1) is 5.82 Å². The van der Waals surface area contributed by atoms with Gasteiger partial charge in [-0.05, 0) is 0 Å². The van der Waals surface area contributed by atoms with E-state index in [1.54, 1.807) is 19.0 Å². The molecule has 0 amide bonds. The van der Waals surface area contributed by atoms with Crippen molar-refractivity contribution in [3.05, 3.63) is 23.8 Å². The van der Waals surface area contributed by atoms with Gasteiger partial charge in [-0.3, -0.25) is 4.79 Å². The Labute approximate surface area is 69.8 Å². The molecule has 1 heterocycles. The molecule has 0 spiro atoms. The lowest BCUT2D eigenvalue weighted by Crippen LogP contribution is -2.10. The first kappa shape index (κ1) is 8.64. The van der Waals surface area contributed by atoms with Gasteiger partial charge in [0.05, 0.1) is 11.9 Å². The van der Waals surface area contributed by atoms with Gasteiger partial charge in [-0.15, -0.1) is 0 Å². The third-order valence-corrected chi connectivity index (χ3v) is 1.48. The summed E-state index contributed by atoms with van der Waals surface area (Å²) in [5.74, 6) is -0.587. The standard InChI is InChI=1S/C8H9FN2O/c1-11(2)6-3-7(9)8(5-12)10-4-6/h3-5H,1-2H3. The van der Waals surface area contributed by atoms with Crippen LogP contribution in [-0.2, 0) is 0 Å². The summed E-state index contributed by atoms with van der Waals surface area (Å²) >= 11 is 0. The van der Waals surface area contributed by atoms with Gasteiger partial charge in [0, 0.05) is 20.2 Å². The zero-order valence-corrected chi connectivity index (χ0v) is 6.91. The molecule has 0 bridgehead atoms. The SMILES string of the molecule is CN(C)c1cnc(C=O)c(F)c1. The number of carbonyl (C=O) groups is 1. The molecule has 1 rings (SSSR count). The summed E-state index contributed by atoms with van der Waals surface area (Å²) in [6.07, 6.45) is 1.85. The van der Waals surface area contributed by atoms with Crippen LogP contribution in [0.25, 0.3) is 0 Å². The van der Waals surface area contributed by atoms with Gasteiger partial charge >= 0.3 is 0 Å². The molecule has 0 N–H and O–H groups in total. The van der Waals surface area contributed by atoms with Crippen molar-refractivity contribution in [2.24, 2.45) is 0 Å². The number of hydrogen-bond donors (Lipinski definition) is 0. The molecule has 0 aliphatic heterocycles. The first-order valence-electron chi connectivity index (χ1n) is 3.43. The van der Waals surface area contributed by atoms with Gasteiger partial charge in [0.15, 0.2) is 12.1 Å². The van der Waals surface area contributed by atoms with Crippen molar-refractivity contribution >= 4 is 12.0 Å². The highest BCUT2D eigenvalue weighted by molar-refractivity contribution is 5.72. The van der Waals surface area contributed by atoms with E-state index in [0.717, 1.165) is 0 Å². The van der Waals surface area contributed by atoms with Crippen molar-refractivity contribution in [2.45, 2.75) is 0 Å². The molecule has 3 nitrogen and oxygen atoms in total. The molecule has 12 heavy (non-hydrogen) atoms. The monoisotopic (exact) mass is 168 g/mol. The second kappa shape index (κ2) is 3.30. The van der Waals surface area contributed by atoms with Crippen LogP contribution < -0.4 is 4.90 Å². The quantitative estimate of drug-likeness (QED) is 0.620. The fourth-order valence-corrected chi connectivity index (χ4v) is 0.770. The summed E-state index contributed by atoms with van der Waals surface area (Å²) in [5.41, 5.74) is 0.485. The number of halogens is 1. The van der Waals surface area contributed by atoms with Gasteiger partial charge < -0.3 is 4.90 Å². The van der Waals surface area contributed by atoms with E-state index in [2.05, 4.69) is 4.98 Å². The number of aromatic nitrogens is 1. The molecule has 0 saturated carbocycles. The molecule has 0 radical (unpaired) electrons. The van der Waals surface area contributed by atoms with Crippen LogP contribution in [0.3, 0.4) is 0 Å². The highest BCUT2D eigenvalue weighted by Crippen LogP contribution is 2.12. The second-order valence-electron chi connectivity index (χ2n) is 2.57. The fourth-order valence-electron chi connectivity index (χ4n) is 0.770. The lowest BCUT2D eigenvalue weighted by atomic mass is 10.3. The Bertz CT molecular complexity index is 299. The number of hydrogen-bond acceptors (Lipinski definition) is 3. The molecule has 64 valence electrons. The molecule has 4 heteroatoms. The van der Waals surface area contributed by atoms with Crippen LogP contribution in [0.15, 0.2) is 12.3 Å². The minimum atomic E-state index is -0.587. The zero-order chi connectivity index (χ0) is 9.14. The van der Waals surface area contributed by atoms with Crippen molar-refractivity contribution in [3.8, 4) is 0 Å². The van der Waals surface area contributed by atoms with E-state index in [4.69, 9.17) is 0 Å². The average molecular weight is 168 g/mol. The summed E-state index contributed by atoms with van der Waals surface area (Å²) < 4.78 is 12.9. The van der Waals surface area contributed by atoms with Gasteiger partial charge in [0.2, 0.25) is 0 Å². The predicted molar refractivity (Wildman–Crippen MR) is 43.9 cm³/mol. The third-order valence-electron chi connectivity index (χ3n) is 1.48. The van der Waals surface area contributed by atoms with Crippen LogP contribution in [0.5, 0.6) is 0 Å². The molecule has 1 aromatic rings. The van der Waals surface area contributed by atoms with Crippen LogP contribution in [0.4, 0.5) is 10.1 Å². The Morgan fingerprint density at radius 3 is 2.67 bits per heavy atom. The largest absolute Gasteiger partial charge is 0.376 e. The molecular formula is C8H9FN2O. The molecule has 0 aliphatic rings. The van der Waals surface area contributed by atoms with E-state index in [-0.39, 0.29) is 5.69 Å². The molecular weight excluding hydrogens is 159 g/mol. The molecule has 0 aromatic carbocycles. The molecule has 0 fully saturated rings. The summed E-state index contributed by atoms with van der Waals surface area (Å²) in [6.45, 7) is 0. The Hall–Kier alpha value is -1.45. The Morgan fingerprint density at radius 2 is 2.25 bits per heavy atom. The van der Waals surface area contributed by atoms with E-state index in [1.807, 2.05) is 0 Å². The maximum atomic E-state index is 12.9. The fraction of sp³-hybridized carbons (Fsp3) is 0.250. The smallest absolute Gasteiger partial charge is 0.171 e. The number of carbonyl (C=O) groups excluding carboxylic acids is 1. The van der Waals surface area contributed by atoms with E-state index < -0.39 is 5.82 Å². The average Bonchev–Trinajstić information content (AvgIpc) is 2.04. The van der Waals surface area contributed by atoms with E-state index in [9.17, 15) is 9.18 Å². The van der Waals surface area contributed by atoms with E-state index >= 15 is 0 Å². The van der Waals surface area contributed by atoms with Gasteiger partial charge in [0.25, 0.3) is 0 Å². The second-order valence-corrected chi connectivity index (χ2v) is 2.57. The number of aldehydes is 1. The van der Waals surface area contributed by atoms with Gasteiger partial charge in [-0.2, -0.15) is 0 Å². The topological polar surface area (TPSA) is 33.2 Å². The normalized spacial score (nSPS) is 9.58. The number of rotatable bonds is 2. The molecule has 0 unspecified atom stereocenters. The van der Waals surface area contributed by atoms with Crippen molar-refractivity contribution in [3.63, 3.8) is 0 Å². The van der Waals surface area contributed by atoms with E-state index in [1.165, 1.54) is 12.3 Å². The highest BCUT2D eigenvalue weighted by Gasteiger charge is 2.04. The molecule has 0 atom stereocenters. The molecule has 1 aromatic heterocycles. The number of pyridine rings is 1. The molecule has 0 saturated heterocycles. The number of anilines is 1. The van der Waals surface area contributed by atoms with Gasteiger partial charge in [-0.25, -0.2) is 9.37 Å². The molecule has 0 aliphatic carbocycles. The Balaban J connectivity index is 3.10. The maximum absolute atomic E-state index is 12.9. The van der Waals surface area contributed by atoms with Crippen LogP contribution in [0.2, 0.25) is 0 Å². The van der Waals surface area contributed by atoms with Gasteiger partial charge in [0.1, 0.15) is 5.69 Å². The van der Waals surface area contributed by atoms with Crippen molar-refractivity contribution in [2.75, 3.05) is 19.0 Å². The van der Waals surface area contributed by atoms with Crippen LogP contribution in [-0.4, -0.2) is 25.4 Å². The Kier molecular flexibility index (Phi) is 2.38. The first-order chi connectivity index (χ1) is 5.65. The zero-order valence-electron chi connectivity index (χ0n) is 6.91. The van der Waals surface area contributed by atoms with Gasteiger partial charge in [-0.1, -0.05) is 0 Å². The first-order valence-corrected chi connectivity index (χ1v) is 3.43. The summed E-state index contributed by atoms with van der Waals surface area (Å²) in [4.78, 5) is 15.5. The van der Waals surface area contributed by atoms with Crippen molar-refractivity contribution < 1.29 is 9.18 Å². The summed E-state index contributed by atoms with van der Waals surface area (Å²) in [7, 11) is 3.55. The Morgan fingerprint density at radius 1 is 1.58 bits per heavy atom. The van der Waals surface area contributed by atoms with Crippen LogP contribution in [0.1, 0.15) is 10.5 Å². The maximum Gasteiger partial charge on any atom is 0.171 e. The van der Waals surface area contributed by atoms with Crippen LogP contribution >= 0.6 is 0 Å². The highest BCUT2D eigenvalue weighted by atomic mass is 19.1. The lowest BCUT2D eigenvalue weighted by Gasteiger charge is -2.11. The summed E-state index contributed by atoms with van der Waals surface area (Å²) in [6, 6.07) is 1.27. The predicted octanol–water partition coefficient (Wildman–Crippen LogP) is 1.10. The minimum absolute atomic E-state index is 0.152. The third kappa shape index (κ3) is 1.58.